The van der Waals surface area contributed by atoms with Gasteiger partial charge in [-0.05, 0) is 50.0 Å². The lowest BCUT2D eigenvalue weighted by Gasteiger charge is -2.23. The first-order chi connectivity index (χ1) is 8.34. The summed E-state index contributed by atoms with van der Waals surface area (Å²) >= 11 is 0. The molecule has 1 fully saturated rings. The van der Waals surface area contributed by atoms with Gasteiger partial charge in [0.05, 0.1) is 0 Å². The number of nitrogens with two attached hydrogens (primary N) is 1. The van der Waals surface area contributed by atoms with Crippen molar-refractivity contribution < 1.29 is 0 Å². The topological polar surface area (TPSA) is 26.0 Å². The van der Waals surface area contributed by atoms with Crippen molar-refractivity contribution in [1.82, 2.24) is 0 Å². The van der Waals surface area contributed by atoms with Crippen molar-refractivity contribution in [2.45, 2.75) is 44.6 Å². The van der Waals surface area contributed by atoms with Gasteiger partial charge in [0.15, 0.2) is 0 Å². The summed E-state index contributed by atoms with van der Waals surface area (Å²) in [5, 5.41) is 0. The van der Waals surface area contributed by atoms with Crippen molar-refractivity contribution in [2.75, 3.05) is 0 Å². The molecule has 17 heavy (non-hydrogen) atoms. The van der Waals surface area contributed by atoms with E-state index in [2.05, 4.69) is 42.5 Å². The summed E-state index contributed by atoms with van der Waals surface area (Å²) in [6.07, 6.45) is 12.0. The minimum atomic E-state index is 0.462. The fourth-order valence-electron chi connectivity index (χ4n) is 2.52. The van der Waals surface area contributed by atoms with E-state index in [1.807, 2.05) is 0 Å². The minimum absolute atomic E-state index is 0.462. The molecule has 1 aliphatic rings. The van der Waals surface area contributed by atoms with Crippen molar-refractivity contribution in [3.63, 3.8) is 0 Å². The molecule has 0 saturated heterocycles. The Balaban J connectivity index is 1.68. The van der Waals surface area contributed by atoms with Gasteiger partial charge >= 0.3 is 0 Å². The zero-order chi connectivity index (χ0) is 11.9. The molecule has 1 nitrogen and oxygen atoms in total. The molecule has 2 rings (SSSR count). The van der Waals surface area contributed by atoms with Crippen molar-refractivity contribution in [1.29, 1.82) is 0 Å². The van der Waals surface area contributed by atoms with E-state index >= 15 is 0 Å². The lowest BCUT2D eigenvalue weighted by molar-refractivity contribution is 0.375. The maximum absolute atomic E-state index is 5.90. The second-order valence-electron chi connectivity index (χ2n) is 5.13. The van der Waals surface area contributed by atoms with Crippen molar-refractivity contribution in [3.8, 4) is 0 Å². The number of hydrogen-bond donors (Lipinski definition) is 1. The van der Waals surface area contributed by atoms with Gasteiger partial charge in [0.25, 0.3) is 0 Å². The molecule has 92 valence electrons. The van der Waals surface area contributed by atoms with Crippen LogP contribution in [0.4, 0.5) is 0 Å². The van der Waals surface area contributed by atoms with Crippen LogP contribution < -0.4 is 5.73 Å². The van der Waals surface area contributed by atoms with Gasteiger partial charge in [0.2, 0.25) is 0 Å². The molecule has 0 aromatic heterocycles. The van der Waals surface area contributed by atoms with Crippen LogP contribution in [0.1, 0.15) is 37.7 Å². The highest BCUT2D eigenvalue weighted by atomic mass is 14.6. The van der Waals surface area contributed by atoms with Gasteiger partial charge in [0, 0.05) is 6.04 Å². The van der Waals surface area contributed by atoms with Gasteiger partial charge in [0.1, 0.15) is 0 Å². The van der Waals surface area contributed by atoms with Crippen molar-refractivity contribution >= 4 is 0 Å². The molecule has 0 atom stereocenters. The third-order valence-corrected chi connectivity index (χ3v) is 3.67. The molecule has 1 aromatic carbocycles. The zero-order valence-electron chi connectivity index (χ0n) is 10.5. The molecule has 1 aromatic rings. The van der Waals surface area contributed by atoms with Gasteiger partial charge in [-0.3, -0.25) is 0 Å². The van der Waals surface area contributed by atoms with E-state index in [-0.39, 0.29) is 0 Å². The second kappa shape index (κ2) is 6.61. The van der Waals surface area contributed by atoms with Gasteiger partial charge in [-0.25, -0.2) is 0 Å². The fraction of sp³-hybridized carbons (Fsp3) is 0.500. The average Bonchev–Trinajstić information content (AvgIpc) is 2.38. The molecule has 1 saturated carbocycles. The average molecular weight is 229 g/mol. The first kappa shape index (κ1) is 12.4. The van der Waals surface area contributed by atoms with E-state index in [0.29, 0.717) is 6.04 Å². The third kappa shape index (κ3) is 4.35. The molecular weight excluding hydrogens is 206 g/mol. The number of hydrogen-bond acceptors (Lipinski definition) is 1. The summed E-state index contributed by atoms with van der Waals surface area (Å²) in [7, 11) is 0. The van der Waals surface area contributed by atoms with Crippen LogP contribution in [0.3, 0.4) is 0 Å². The molecule has 0 spiro atoms. The van der Waals surface area contributed by atoms with Gasteiger partial charge in [-0.2, -0.15) is 0 Å². The van der Waals surface area contributed by atoms with Crippen molar-refractivity contribution in [3.05, 3.63) is 48.0 Å². The van der Waals surface area contributed by atoms with E-state index in [1.165, 1.54) is 31.2 Å². The Morgan fingerprint density at radius 1 is 1.06 bits per heavy atom. The molecule has 1 aliphatic carbocycles. The highest BCUT2D eigenvalue weighted by molar-refractivity contribution is 5.15. The van der Waals surface area contributed by atoms with Crippen LogP contribution in [-0.2, 0) is 6.42 Å². The molecule has 0 unspecified atom stereocenters. The molecule has 0 radical (unpaired) electrons. The van der Waals surface area contributed by atoms with E-state index in [0.717, 1.165) is 18.8 Å². The second-order valence-corrected chi connectivity index (χ2v) is 5.13. The van der Waals surface area contributed by atoms with Gasteiger partial charge < -0.3 is 5.73 Å². The van der Waals surface area contributed by atoms with Gasteiger partial charge in [-0.15, -0.1) is 0 Å². The molecule has 0 aliphatic heterocycles. The summed E-state index contributed by atoms with van der Waals surface area (Å²) in [4.78, 5) is 0. The summed E-state index contributed by atoms with van der Waals surface area (Å²) < 4.78 is 0. The highest BCUT2D eigenvalue weighted by Gasteiger charge is 2.15. The maximum Gasteiger partial charge on any atom is 0.00392 e. The Morgan fingerprint density at radius 3 is 2.47 bits per heavy atom. The molecule has 0 heterocycles. The largest absolute Gasteiger partial charge is 0.328 e. The van der Waals surface area contributed by atoms with Crippen LogP contribution in [0, 0.1) is 5.92 Å². The fourth-order valence-corrected chi connectivity index (χ4v) is 2.52. The monoisotopic (exact) mass is 229 g/mol. The summed E-state index contributed by atoms with van der Waals surface area (Å²) in [5.74, 6) is 0.783. The number of rotatable bonds is 4. The number of aryl methyl sites for hydroxylation is 1. The van der Waals surface area contributed by atoms with Crippen LogP contribution in [0.5, 0.6) is 0 Å². The Labute approximate surface area is 105 Å². The Hall–Kier alpha value is -1.08. The van der Waals surface area contributed by atoms with Crippen LogP contribution in [0.2, 0.25) is 0 Å². The SMILES string of the molecule is N[C@H]1CC[C@H](/C=C/CCc2ccccc2)CC1. The summed E-state index contributed by atoms with van der Waals surface area (Å²) in [6, 6.07) is 11.2. The molecule has 0 amide bonds. The number of benzene rings is 1. The summed E-state index contributed by atoms with van der Waals surface area (Å²) in [6.45, 7) is 0. The summed E-state index contributed by atoms with van der Waals surface area (Å²) in [5.41, 5.74) is 7.34. The standard InChI is InChI=1S/C16H23N/c17-16-12-10-15(11-13-16)9-5-4-8-14-6-2-1-3-7-14/h1-3,5-7,9,15-16H,4,8,10-13,17H2/b9-5+/t15-,16-. The predicted molar refractivity (Wildman–Crippen MR) is 73.8 cm³/mol. The lowest BCUT2D eigenvalue weighted by atomic mass is 9.86. The van der Waals surface area contributed by atoms with E-state index < -0.39 is 0 Å². The normalized spacial score (nSPS) is 25.2. The lowest BCUT2D eigenvalue weighted by Crippen LogP contribution is -2.25. The van der Waals surface area contributed by atoms with Crippen LogP contribution in [0.25, 0.3) is 0 Å². The maximum atomic E-state index is 5.90. The first-order valence-corrected chi connectivity index (χ1v) is 6.81. The predicted octanol–water partition coefficient (Wildman–Crippen LogP) is 3.69. The molecular formula is C16H23N. The smallest absolute Gasteiger partial charge is 0.00392 e. The number of allylic oxidation sites excluding steroid dienone is 2. The third-order valence-electron chi connectivity index (χ3n) is 3.67. The van der Waals surface area contributed by atoms with Crippen LogP contribution in [0.15, 0.2) is 42.5 Å². The first-order valence-electron chi connectivity index (χ1n) is 6.81. The quantitative estimate of drug-likeness (QED) is 0.783. The van der Waals surface area contributed by atoms with E-state index in [4.69, 9.17) is 5.73 Å². The molecule has 1 heteroatoms. The molecule has 0 bridgehead atoms. The van der Waals surface area contributed by atoms with E-state index in [9.17, 15) is 0 Å². The van der Waals surface area contributed by atoms with Crippen LogP contribution in [-0.4, -0.2) is 6.04 Å². The van der Waals surface area contributed by atoms with Crippen LogP contribution >= 0.6 is 0 Å². The van der Waals surface area contributed by atoms with E-state index in [1.54, 1.807) is 0 Å². The van der Waals surface area contributed by atoms with Crippen molar-refractivity contribution in [2.24, 2.45) is 11.7 Å². The Morgan fingerprint density at radius 2 is 1.76 bits per heavy atom. The highest BCUT2D eigenvalue weighted by Crippen LogP contribution is 2.24. The Bertz CT molecular complexity index is 334. The minimum Gasteiger partial charge on any atom is -0.328 e. The molecule has 2 N–H and O–H groups in total. The Kier molecular flexibility index (Phi) is 4.81. The van der Waals surface area contributed by atoms with Gasteiger partial charge in [-0.1, -0.05) is 42.5 Å². The zero-order valence-corrected chi connectivity index (χ0v) is 10.5.